The summed E-state index contributed by atoms with van der Waals surface area (Å²) >= 11 is 0. The summed E-state index contributed by atoms with van der Waals surface area (Å²) in [5.41, 5.74) is 3.74. The fourth-order valence-electron chi connectivity index (χ4n) is 3.80. The van der Waals surface area contributed by atoms with Crippen LogP contribution in [0.4, 0.5) is 5.69 Å². The second-order valence-electron chi connectivity index (χ2n) is 7.35. The van der Waals surface area contributed by atoms with Gasteiger partial charge in [-0.25, -0.2) is 4.79 Å². The second-order valence-corrected chi connectivity index (χ2v) is 7.35. The molecule has 1 N–H and O–H groups in total. The largest absolute Gasteiger partial charge is 0.475 e. The van der Waals surface area contributed by atoms with Crippen LogP contribution < -0.4 is 15.7 Å². The molecule has 156 valence electrons. The third-order valence-electron chi connectivity index (χ3n) is 5.32. The maximum absolute atomic E-state index is 12.5. The van der Waals surface area contributed by atoms with Gasteiger partial charge in [-0.05, 0) is 36.2 Å². The molecule has 2 aliphatic rings. The van der Waals surface area contributed by atoms with E-state index in [4.69, 9.17) is 18.6 Å². The molecule has 1 unspecified atom stereocenters. The van der Waals surface area contributed by atoms with Crippen LogP contribution in [0.15, 0.2) is 51.9 Å². The first-order valence-electron chi connectivity index (χ1n) is 10.1. The summed E-state index contributed by atoms with van der Waals surface area (Å²) in [6, 6.07) is 11.8. The quantitative estimate of drug-likeness (QED) is 0.669. The highest BCUT2D eigenvalue weighted by Gasteiger charge is 2.21. The molecular weight excluding hydrogens is 386 g/mol. The van der Waals surface area contributed by atoms with E-state index < -0.39 is 0 Å². The Morgan fingerprint density at radius 1 is 1.23 bits per heavy atom. The standard InChI is InChI=1S/C22H23N3O5/c26-22-24-21(30-14-18-13-27-8-9-29-18)11-20-19-4-3-16(10-15(19)5-6-25(20)22)23-12-17-2-1-7-28-17/h1-4,7,10-11,18,23H,5-6,8-9,12-14H2. The number of fused-ring (bicyclic) bond motifs is 3. The maximum Gasteiger partial charge on any atom is 0.351 e. The van der Waals surface area contributed by atoms with Gasteiger partial charge in [-0.15, -0.1) is 0 Å². The Morgan fingerprint density at radius 3 is 3.03 bits per heavy atom. The zero-order chi connectivity index (χ0) is 20.3. The minimum atomic E-state index is -0.297. The van der Waals surface area contributed by atoms with E-state index in [9.17, 15) is 4.79 Å². The van der Waals surface area contributed by atoms with Gasteiger partial charge in [0.25, 0.3) is 0 Å². The highest BCUT2D eigenvalue weighted by atomic mass is 16.6. The molecular formula is C22H23N3O5. The van der Waals surface area contributed by atoms with Crippen LogP contribution >= 0.6 is 0 Å². The molecule has 2 aromatic heterocycles. The van der Waals surface area contributed by atoms with Gasteiger partial charge in [0, 0.05) is 23.9 Å². The molecule has 3 aromatic rings. The molecule has 8 nitrogen and oxygen atoms in total. The van der Waals surface area contributed by atoms with Crippen LogP contribution in [-0.2, 0) is 29.0 Å². The Labute approximate surface area is 173 Å². The average molecular weight is 409 g/mol. The SMILES string of the molecule is O=c1nc(OCC2COCCO2)cc2n1CCc1cc(NCc3ccco3)ccc1-2. The van der Waals surface area contributed by atoms with Crippen molar-refractivity contribution in [1.82, 2.24) is 9.55 Å². The summed E-state index contributed by atoms with van der Waals surface area (Å²) in [4.78, 5) is 16.6. The number of nitrogens with zero attached hydrogens (tertiary/aromatic N) is 2. The first-order chi connectivity index (χ1) is 14.8. The lowest BCUT2D eigenvalue weighted by atomic mass is 9.97. The Hall–Kier alpha value is -3.10. The summed E-state index contributed by atoms with van der Waals surface area (Å²) < 4.78 is 23.8. The van der Waals surface area contributed by atoms with Crippen molar-refractivity contribution in [3.05, 3.63) is 64.5 Å². The van der Waals surface area contributed by atoms with Crippen LogP contribution in [-0.4, -0.2) is 42.1 Å². The third-order valence-corrected chi connectivity index (χ3v) is 5.32. The van der Waals surface area contributed by atoms with Gasteiger partial charge in [0.2, 0.25) is 5.88 Å². The fraction of sp³-hybridized carbons (Fsp3) is 0.364. The number of nitrogens with one attached hydrogen (secondary N) is 1. The minimum absolute atomic E-state index is 0.144. The van der Waals surface area contributed by atoms with Crippen molar-refractivity contribution in [2.24, 2.45) is 0 Å². The third kappa shape index (κ3) is 3.96. The van der Waals surface area contributed by atoms with Gasteiger partial charge in [-0.3, -0.25) is 4.57 Å². The fourth-order valence-corrected chi connectivity index (χ4v) is 3.80. The van der Waals surface area contributed by atoms with Crippen molar-refractivity contribution in [3.8, 4) is 17.1 Å². The number of anilines is 1. The highest BCUT2D eigenvalue weighted by Crippen LogP contribution is 2.31. The van der Waals surface area contributed by atoms with E-state index in [-0.39, 0.29) is 11.8 Å². The molecule has 1 atom stereocenters. The van der Waals surface area contributed by atoms with Gasteiger partial charge in [0.15, 0.2) is 0 Å². The lowest BCUT2D eigenvalue weighted by molar-refractivity contribution is -0.102. The van der Waals surface area contributed by atoms with E-state index in [0.717, 1.165) is 29.1 Å². The molecule has 0 saturated carbocycles. The number of hydrogen-bond acceptors (Lipinski definition) is 7. The summed E-state index contributed by atoms with van der Waals surface area (Å²) in [7, 11) is 0. The Morgan fingerprint density at radius 2 is 2.20 bits per heavy atom. The first-order valence-corrected chi connectivity index (χ1v) is 10.1. The van der Waals surface area contributed by atoms with Gasteiger partial charge in [-0.1, -0.05) is 6.07 Å². The van der Waals surface area contributed by atoms with E-state index in [1.54, 1.807) is 10.8 Å². The van der Waals surface area contributed by atoms with Gasteiger partial charge < -0.3 is 23.9 Å². The first kappa shape index (κ1) is 18.9. The van der Waals surface area contributed by atoms with Gasteiger partial charge in [0.1, 0.15) is 18.5 Å². The number of aryl methyl sites for hydroxylation is 1. The van der Waals surface area contributed by atoms with Crippen LogP contribution in [0.3, 0.4) is 0 Å². The lowest BCUT2D eigenvalue weighted by Crippen LogP contribution is -2.34. The van der Waals surface area contributed by atoms with Crippen LogP contribution in [0.25, 0.3) is 11.3 Å². The maximum atomic E-state index is 12.5. The molecule has 5 rings (SSSR count). The molecule has 1 fully saturated rings. The van der Waals surface area contributed by atoms with Crippen LogP contribution in [0, 0.1) is 0 Å². The molecule has 0 spiro atoms. The van der Waals surface area contributed by atoms with Crippen LogP contribution in [0.5, 0.6) is 5.88 Å². The van der Waals surface area contributed by atoms with Crippen molar-refractivity contribution in [2.45, 2.75) is 25.6 Å². The molecule has 1 saturated heterocycles. The van der Waals surface area contributed by atoms with Crippen molar-refractivity contribution < 1.29 is 18.6 Å². The highest BCUT2D eigenvalue weighted by molar-refractivity contribution is 5.69. The number of ether oxygens (including phenoxy) is 3. The zero-order valence-electron chi connectivity index (χ0n) is 16.5. The molecule has 0 bridgehead atoms. The van der Waals surface area contributed by atoms with Crippen LogP contribution in [0.1, 0.15) is 11.3 Å². The molecule has 0 aliphatic carbocycles. The smallest absolute Gasteiger partial charge is 0.351 e. The number of hydrogen-bond donors (Lipinski definition) is 1. The molecule has 8 heteroatoms. The van der Waals surface area contributed by atoms with E-state index in [0.29, 0.717) is 45.4 Å². The molecule has 1 aromatic carbocycles. The molecule has 30 heavy (non-hydrogen) atoms. The Kier molecular flexibility index (Phi) is 5.25. The second kappa shape index (κ2) is 8.33. The topological polar surface area (TPSA) is 87.8 Å². The summed E-state index contributed by atoms with van der Waals surface area (Å²) in [5.74, 6) is 1.19. The van der Waals surface area contributed by atoms with E-state index in [2.05, 4.69) is 16.4 Å². The number of benzene rings is 1. The van der Waals surface area contributed by atoms with Crippen LogP contribution in [0.2, 0.25) is 0 Å². The normalized spacial score (nSPS) is 17.8. The number of aromatic nitrogens is 2. The van der Waals surface area contributed by atoms with E-state index in [1.807, 2.05) is 30.3 Å². The van der Waals surface area contributed by atoms with E-state index in [1.165, 1.54) is 5.56 Å². The van der Waals surface area contributed by atoms with Crippen molar-refractivity contribution >= 4 is 5.69 Å². The Balaban J connectivity index is 1.35. The molecule has 4 heterocycles. The van der Waals surface area contributed by atoms with E-state index >= 15 is 0 Å². The number of furan rings is 1. The van der Waals surface area contributed by atoms with Gasteiger partial charge in [-0.2, -0.15) is 4.98 Å². The molecule has 2 aliphatic heterocycles. The van der Waals surface area contributed by atoms with Gasteiger partial charge in [0.05, 0.1) is 38.3 Å². The van der Waals surface area contributed by atoms with Crippen molar-refractivity contribution in [3.63, 3.8) is 0 Å². The Bertz CT molecular complexity index is 1070. The summed E-state index contributed by atoms with van der Waals surface area (Å²) in [6.07, 6.45) is 2.29. The van der Waals surface area contributed by atoms with Crippen molar-refractivity contribution in [1.29, 1.82) is 0 Å². The molecule has 0 radical (unpaired) electrons. The number of rotatable bonds is 6. The zero-order valence-corrected chi connectivity index (χ0v) is 16.5. The van der Waals surface area contributed by atoms with Gasteiger partial charge >= 0.3 is 5.69 Å². The average Bonchev–Trinajstić information content (AvgIpc) is 3.30. The molecule has 0 amide bonds. The predicted octanol–water partition coefficient (Wildman–Crippen LogP) is 2.47. The summed E-state index contributed by atoms with van der Waals surface area (Å²) in [6.45, 7) is 3.16. The minimum Gasteiger partial charge on any atom is -0.475 e. The lowest BCUT2D eigenvalue weighted by Gasteiger charge is -2.24. The monoisotopic (exact) mass is 409 g/mol. The predicted molar refractivity (Wildman–Crippen MR) is 110 cm³/mol. The van der Waals surface area contributed by atoms with Crippen molar-refractivity contribution in [2.75, 3.05) is 31.7 Å². The summed E-state index contributed by atoms with van der Waals surface area (Å²) in [5, 5.41) is 3.38.